The molecule has 0 unspecified atom stereocenters. The first-order chi connectivity index (χ1) is 12.1. The number of rotatable bonds is 5. The number of hydrogen-bond donors (Lipinski definition) is 2. The molecule has 140 valence electrons. The second-order valence-electron chi connectivity index (χ2n) is 6.19. The van der Waals surface area contributed by atoms with Gasteiger partial charge in [-0.05, 0) is 42.3 Å². The summed E-state index contributed by atoms with van der Waals surface area (Å²) in [4.78, 5) is 9.62. The van der Waals surface area contributed by atoms with Gasteiger partial charge >= 0.3 is 0 Å². The van der Waals surface area contributed by atoms with Crippen LogP contribution < -0.4 is 5.32 Å². The minimum absolute atomic E-state index is 0. The van der Waals surface area contributed by atoms with Crippen molar-refractivity contribution in [2.75, 3.05) is 20.6 Å². The molecule has 0 aliphatic carbocycles. The van der Waals surface area contributed by atoms with Gasteiger partial charge in [0.1, 0.15) is 5.82 Å². The molecular weight excluding hydrogens is 444 g/mol. The van der Waals surface area contributed by atoms with E-state index in [1.54, 1.807) is 19.2 Å². The van der Waals surface area contributed by atoms with Crippen molar-refractivity contribution < 1.29 is 4.39 Å². The van der Waals surface area contributed by atoms with Crippen molar-refractivity contribution in [2.45, 2.75) is 13.0 Å². The molecule has 2 N–H and O–H groups in total. The Bertz CT molecular complexity index is 883. The molecule has 7 heteroatoms. The Labute approximate surface area is 170 Å². The van der Waals surface area contributed by atoms with Gasteiger partial charge in [-0.3, -0.25) is 4.99 Å². The smallest absolute Gasteiger partial charge is 0.193 e. The lowest BCUT2D eigenvalue weighted by atomic mass is 10.1. The van der Waals surface area contributed by atoms with Crippen LogP contribution in [0.25, 0.3) is 10.9 Å². The van der Waals surface area contributed by atoms with Gasteiger partial charge in [0.15, 0.2) is 5.96 Å². The number of hydrogen-bond acceptors (Lipinski definition) is 1. The van der Waals surface area contributed by atoms with E-state index in [-0.39, 0.29) is 29.8 Å². The molecule has 3 rings (SSSR count). The monoisotopic (exact) mass is 469 g/mol. The zero-order valence-electron chi connectivity index (χ0n) is 15.3. The van der Waals surface area contributed by atoms with Crippen LogP contribution in [0.1, 0.15) is 11.3 Å². The average molecular weight is 469 g/mol. The highest BCUT2D eigenvalue weighted by Gasteiger charge is 2.09. The van der Waals surface area contributed by atoms with Crippen LogP contribution in [0.3, 0.4) is 0 Å². The van der Waals surface area contributed by atoms with Crippen LogP contribution in [0.4, 0.5) is 4.39 Å². The number of aryl methyl sites for hydroxylation is 1. The summed E-state index contributed by atoms with van der Waals surface area (Å²) in [6.45, 7) is 1.51. The molecule has 1 aromatic carbocycles. The average Bonchev–Trinajstić information content (AvgIpc) is 3.18. The van der Waals surface area contributed by atoms with E-state index < -0.39 is 0 Å². The first-order valence-electron chi connectivity index (χ1n) is 8.36. The first-order valence-corrected chi connectivity index (χ1v) is 8.36. The summed E-state index contributed by atoms with van der Waals surface area (Å²) in [5.74, 6) is 0.631. The van der Waals surface area contributed by atoms with Crippen molar-refractivity contribution in [3.63, 3.8) is 0 Å². The zero-order chi connectivity index (χ0) is 17.8. The number of aromatic nitrogens is 2. The molecule has 2 heterocycles. The fourth-order valence-corrected chi connectivity index (χ4v) is 3.03. The van der Waals surface area contributed by atoms with Gasteiger partial charge in [-0.1, -0.05) is 0 Å². The fraction of sp³-hybridized carbons (Fsp3) is 0.316. The maximum atomic E-state index is 13.5. The molecule has 0 saturated carbocycles. The molecule has 3 aromatic rings. The summed E-state index contributed by atoms with van der Waals surface area (Å²) in [7, 11) is 5.84. The lowest BCUT2D eigenvalue weighted by molar-refractivity contribution is 0.462. The van der Waals surface area contributed by atoms with E-state index >= 15 is 0 Å². The van der Waals surface area contributed by atoms with Crippen molar-refractivity contribution in [2.24, 2.45) is 12.0 Å². The third-order valence-electron chi connectivity index (χ3n) is 4.43. The van der Waals surface area contributed by atoms with Gasteiger partial charge in [0, 0.05) is 56.7 Å². The molecule has 0 spiro atoms. The van der Waals surface area contributed by atoms with Crippen LogP contribution in [0.5, 0.6) is 0 Å². The van der Waals surface area contributed by atoms with Crippen LogP contribution in [-0.2, 0) is 20.0 Å². The number of aliphatic imine (C=N–C) groups is 1. The Kier molecular flexibility index (Phi) is 7.07. The van der Waals surface area contributed by atoms with E-state index in [1.807, 2.05) is 32.6 Å². The Morgan fingerprint density at radius 2 is 2.15 bits per heavy atom. The van der Waals surface area contributed by atoms with Gasteiger partial charge in [0.2, 0.25) is 0 Å². The molecule has 0 fully saturated rings. The predicted octanol–water partition coefficient (Wildman–Crippen LogP) is 3.51. The largest absolute Gasteiger partial charge is 0.361 e. The highest BCUT2D eigenvalue weighted by Crippen LogP contribution is 2.19. The topological polar surface area (TPSA) is 48.4 Å². The zero-order valence-corrected chi connectivity index (χ0v) is 17.6. The number of nitrogens with one attached hydrogen (secondary N) is 2. The standard InChI is InChI=1S/C19H24FN5.HI/c1-21-19(25(3)13-16-5-4-10-24(16)2)22-9-8-14-12-23-18-7-6-15(20)11-17(14)18;/h4-7,10-12,23H,8-9,13H2,1-3H3,(H,21,22);1H. The molecule has 0 atom stereocenters. The molecule has 0 amide bonds. The van der Waals surface area contributed by atoms with Crippen molar-refractivity contribution in [1.82, 2.24) is 19.8 Å². The summed E-state index contributed by atoms with van der Waals surface area (Å²) in [5, 5.41) is 4.32. The van der Waals surface area contributed by atoms with Crippen molar-refractivity contribution in [3.05, 3.63) is 59.8 Å². The highest BCUT2D eigenvalue weighted by atomic mass is 127. The van der Waals surface area contributed by atoms with Gasteiger partial charge in [0.25, 0.3) is 0 Å². The van der Waals surface area contributed by atoms with Crippen LogP contribution in [0.2, 0.25) is 0 Å². The second-order valence-corrected chi connectivity index (χ2v) is 6.19. The lowest BCUT2D eigenvalue weighted by Gasteiger charge is -2.22. The minimum Gasteiger partial charge on any atom is -0.361 e. The predicted molar refractivity (Wildman–Crippen MR) is 116 cm³/mol. The third kappa shape index (κ3) is 4.57. The molecule has 0 saturated heterocycles. The molecule has 0 aliphatic rings. The quantitative estimate of drug-likeness (QED) is 0.342. The van der Waals surface area contributed by atoms with Gasteiger partial charge in [-0.2, -0.15) is 0 Å². The van der Waals surface area contributed by atoms with Gasteiger partial charge in [-0.25, -0.2) is 4.39 Å². The number of nitrogens with zero attached hydrogens (tertiary/aromatic N) is 3. The number of H-pyrrole nitrogens is 1. The van der Waals surface area contributed by atoms with Crippen molar-refractivity contribution >= 4 is 40.8 Å². The van der Waals surface area contributed by atoms with Crippen LogP contribution in [0, 0.1) is 5.82 Å². The molecule has 26 heavy (non-hydrogen) atoms. The van der Waals surface area contributed by atoms with Crippen LogP contribution >= 0.6 is 24.0 Å². The Balaban J connectivity index is 0.00000243. The van der Waals surface area contributed by atoms with Crippen LogP contribution in [0.15, 0.2) is 47.7 Å². The molecule has 0 radical (unpaired) electrons. The minimum atomic E-state index is -0.209. The maximum absolute atomic E-state index is 13.5. The van der Waals surface area contributed by atoms with E-state index in [0.717, 1.165) is 41.9 Å². The van der Waals surface area contributed by atoms with Gasteiger partial charge < -0.3 is 19.8 Å². The SMILES string of the molecule is CN=C(NCCc1c[nH]c2ccc(F)cc12)N(C)Cc1cccn1C.I. The lowest BCUT2D eigenvalue weighted by Crippen LogP contribution is -2.39. The summed E-state index contributed by atoms with van der Waals surface area (Å²) in [6.07, 6.45) is 4.78. The summed E-state index contributed by atoms with van der Waals surface area (Å²) in [5.41, 5.74) is 3.28. The Hall–Kier alpha value is -2.03. The molecule has 0 aliphatic heterocycles. The highest BCUT2D eigenvalue weighted by molar-refractivity contribution is 14.0. The Morgan fingerprint density at radius 1 is 1.35 bits per heavy atom. The maximum Gasteiger partial charge on any atom is 0.193 e. The number of fused-ring (bicyclic) bond motifs is 1. The van der Waals surface area contributed by atoms with E-state index in [2.05, 4.69) is 30.8 Å². The fourth-order valence-electron chi connectivity index (χ4n) is 3.03. The van der Waals surface area contributed by atoms with Crippen molar-refractivity contribution in [3.8, 4) is 0 Å². The summed E-state index contributed by atoms with van der Waals surface area (Å²) < 4.78 is 15.6. The first kappa shape index (κ1) is 20.3. The van der Waals surface area contributed by atoms with E-state index in [9.17, 15) is 4.39 Å². The molecule has 0 bridgehead atoms. The second kappa shape index (κ2) is 9.07. The normalized spacial score (nSPS) is 11.5. The summed E-state index contributed by atoms with van der Waals surface area (Å²) in [6, 6.07) is 8.96. The van der Waals surface area contributed by atoms with Gasteiger partial charge in [0.05, 0.1) is 6.54 Å². The summed E-state index contributed by atoms with van der Waals surface area (Å²) >= 11 is 0. The number of benzene rings is 1. The Morgan fingerprint density at radius 3 is 2.85 bits per heavy atom. The van der Waals surface area contributed by atoms with Crippen LogP contribution in [-0.4, -0.2) is 41.1 Å². The number of guanidine groups is 1. The molecular formula is C19H25FIN5. The third-order valence-corrected chi connectivity index (χ3v) is 4.43. The van der Waals surface area contributed by atoms with E-state index in [0.29, 0.717) is 0 Å². The van der Waals surface area contributed by atoms with Crippen molar-refractivity contribution in [1.29, 1.82) is 0 Å². The van der Waals surface area contributed by atoms with Gasteiger partial charge in [-0.15, -0.1) is 24.0 Å². The van der Waals surface area contributed by atoms with E-state index in [4.69, 9.17) is 0 Å². The van der Waals surface area contributed by atoms with E-state index in [1.165, 1.54) is 11.8 Å². The molecule has 5 nitrogen and oxygen atoms in total. The number of halogens is 2. The number of aromatic amines is 1. The molecule has 2 aromatic heterocycles.